The van der Waals surface area contributed by atoms with Crippen molar-refractivity contribution in [2.24, 2.45) is 4.99 Å². The van der Waals surface area contributed by atoms with Crippen LogP contribution in [0.1, 0.15) is 24.4 Å². The first-order chi connectivity index (χ1) is 13.6. The van der Waals surface area contributed by atoms with Crippen LogP contribution in [0.4, 0.5) is 5.69 Å². The summed E-state index contributed by atoms with van der Waals surface area (Å²) in [6.45, 7) is 1.86. The quantitative estimate of drug-likeness (QED) is 0.680. The number of nitrogens with one attached hydrogen (secondary N) is 1. The zero-order chi connectivity index (χ0) is 19.7. The van der Waals surface area contributed by atoms with Crippen molar-refractivity contribution in [2.45, 2.75) is 18.9 Å². The molecule has 0 saturated carbocycles. The van der Waals surface area contributed by atoms with E-state index in [1.165, 1.54) is 10.8 Å². The maximum absolute atomic E-state index is 13.0. The lowest BCUT2D eigenvalue weighted by atomic mass is 10.1. The van der Waals surface area contributed by atoms with Crippen molar-refractivity contribution in [1.82, 2.24) is 14.5 Å². The van der Waals surface area contributed by atoms with Gasteiger partial charge in [0.15, 0.2) is 0 Å². The third kappa shape index (κ3) is 3.14. The largest absolute Gasteiger partial charge is 0.398 e. The van der Waals surface area contributed by atoms with E-state index in [9.17, 15) is 9.59 Å². The van der Waals surface area contributed by atoms with Gasteiger partial charge in [0.05, 0.1) is 5.56 Å². The predicted octanol–water partition coefficient (Wildman–Crippen LogP) is 1.71. The summed E-state index contributed by atoms with van der Waals surface area (Å²) < 4.78 is 3.36. The molecule has 7 nitrogen and oxygen atoms in total. The molecule has 0 radical (unpaired) electrons. The fourth-order valence-corrected chi connectivity index (χ4v) is 3.80. The van der Waals surface area contributed by atoms with Crippen molar-refractivity contribution in [1.29, 1.82) is 0 Å². The molecule has 1 aromatic carbocycles. The van der Waals surface area contributed by atoms with E-state index >= 15 is 0 Å². The molecular formula is C21H23N5O2. The first-order valence-electron chi connectivity index (χ1n) is 9.39. The Morgan fingerprint density at radius 3 is 2.64 bits per heavy atom. The number of aliphatic imine (C=N–C) groups is 1. The number of nitrogens with zero attached hydrogens (tertiary/aromatic N) is 3. The van der Waals surface area contributed by atoms with E-state index in [1.54, 1.807) is 31.4 Å². The molecule has 0 unspecified atom stereocenters. The molecule has 0 bridgehead atoms. The molecule has 7 heteroatoms. The van der Waals surface area contributed by atoms with Crippen LogP contribution in [0.3, 0.4) is 0 Å². The minimum atomic E-state index is -0.243. The molecule has 3 heterocycles. The topological polar surface area (TPSA) is 94.4 Å². The Hall–Kier alpha value is -3.19. The summed E-state index contributed by atoms with van der Waals surface area (Å²) >= 11 is 0. The second kappa shape index (κ2) is 7.44. The van der Waals surface area contributed by atoms with Gasteiger partial charge in [0.25, 0.3) is 11.1 Å². The van der Waals surface area contributed by atoms with E-state index in [1.807, 2.05) is 22.9 Å². The van der Waals surface area contributed by atoms with Gasteiger partial charge in [0, 0.05) is 48.5 Å². The van der Waals surface area contributed by atoms with Crippen LogP contribution in [0.15, 0.2) is 57.3 Å². The highest BCUT2D eigenvalue weighted by atomic mass is 16.1. The number of rotatable bonds is 3. The van der Waals surface area contributed by atoms with E-state index in [2.05, 4.69) is 10.3 Å². The van der Waals surface area contributed by atoms with E-state index in [0.717, 1.165) is 31.3 Å². The number of piperidine rings is 1. The number of pyridine rings is 2. The third-order valence-electron chi connectivity index (χ3n) is 5.32. The Morgan fingerprint density at radius 1 is 1.11 bits per heavy atom. The zero-order valence-corrected chi connectivity index (χ0v) is 15.8. The SMILES string of the molecule is CN=Cc1c(N)ccn(-c2ccc3c(=O)n(C4CCNCC4)ccc3c2)c1=O. The molecule has 144 valence electrons. The minimum Gasteiger partial charge on any atom is -0.398 e. The number of nitrogen functional groups attached to an aromatic ring is 1. The van der Waals surface area contributed by atoms with Gasteiger partial charge in [0.2, 0.25) is 0 Å². The molecule has 0 atom stereocenters. The van der Waals surface area contributed by atoms with Gasteiger partial charge in [-0.05, 0) is 61.6 Å². The van der Waals surface area contributed by atoms with Crippen molar-refractivity contribution in [2.75, 3.05) is 25.9 Å². The highest BCUT2D eigenvalue weighted by Gasteiger charge is 2.17. The number of benzene rings is 1. The minimum absolute atomic E-state index is 0.0133. The summed E-state index contributed by atoms with van der Waals surface area (Å²) in [4.78, 5) is 29.6. The Labute approximate surface area is 162 Å². The van der Waals surface area contributed by atoms with Crippen LogP contribution in [-0.2, 0) is 0 Å². The maximum atomic E-state index is 13.0. The molecule has 28 heavy (non-hydrogen) atoms. The van der Waals surface area contributed by atoms with Crippen LogP contribution in [0.2, 0.25) is 0 Å². The standard InChI is InChI=1S/C21H23N5O2/c1-23-13-18-19(22)7-11-26(21(18)28)16-2-3-17-14(12-16)6-10-25(20(17)27)15-4-8-24-9-5-15/h2-3,6-7,10-13,15,24H,4-5,8-9,22H2,1H3. The lowest BCUT2D eigenvalue weighted by Gasteiger charge is -2.25. The van der Waals surface area contributed by atoms with Crippen LogP contribution in [-0.4, -0.2) is 35.5 Å². The number of aromatic nitrogens is 2. The van der Waals surface area contributed by atoms with E-state index in [4.69, 9.17) is 5.73 Å². The average Bonchev–Trinajstić information content (AvgIpc) is 2.72. The summed E-state index contributed by atoms with van der Waals surface area (Å²) in [5.74, 6) is 0. The second-order valence-electron chi connectivity index (χ2n) is 7.03. The summed E-state index contributed by atoms with van der Waals surface area (Å²) in [6.07, 6.45) is 6.87. The van der Waals surface area contributed by atoms with Crippen molar-refractivity contribution in [3.63, 3.8) is 0 Å². The van der Waals surface area contributed by atoms with Crippen molar-refractivity contribution in [3.8, 4) is 5.69 Å². The van der Waals surface area contributed by atoms with Gasteiger partial charge in [-0.15, -0.1) is 0 Å². The van der Waals surface area contributed by atoms with Gasteiger partial charge < -0.3 is 15.6 Å². The molecule has 2 aromatic heterocycles. The van der Waals surface area contributed by atoms with Gasteiger partial charge in [0.1, 0.15) is 0 Å². The zero-order valence-electron chi connectivity index (χ0n) is 15.8. The average molecular weight is 377 g/mol. The van der Waals surface area contributed by atoms with Crippen molar-refractivity contribution in [3.05, 3.63) is 69.0 Å². The first kappa shape index (κ1) is 18.2. The third-order valence-corrected chi connectivity index (χ3v) is 5.32. The van der Waals surface area contributed by atoms with Gasteiger partial charge >= 0.3 is 0 Å². The number of hydrogen-bond acceptors (Lipinski definition) is 5. The fourth-order valence-electron chi connectivity index (χ4n) is 3.80. The lowest BCUT2D eigenvalue weighted by Crippen LogP contribution is -2.34. The monoisotopic (exact) mass is 377 g/mol. The fraction of sp³-hybridized carbons (Fsp3) is 0.286. The summed E-state index contributed by atoms with van der Waals surface area (Å²) in [7, 11) is 1.60. The number of fused-ring (bicyclic) bond motifs is 1. The van der Waals surface area contributed by atoms with E-state index in [-0.39, 0.29) is 17.2 Å². The molecule has 1 aliphatic rings. The van der Waals surface area contributed by atoms with E-state index < -0.39 is 0 Å². The van der Waals surface area contributed by atoms with Crippen LogP contribution in [0.25, 0.3) is 16.5 Å². The van der Waals surface area contributed by atoms with Crippen LogP contribution in [0, 0.1) is 0 Å². The number of anilines is 1. The van der Waals surface area contributed by atoms with E-state index in [0.29, 0.717) is 22.3 Å². The van der Waals surface area contributed by atoms with Crippen LogP contribution < -0.4 is 22.2 Å². The first-order valence-corrected chi connectivity index (χ1v) is 9.39. The summed E-state index contributed by atoms with van der Waals surface area (Å²) in [5.41, 5.74) is 7.09. The molecule has 3 N–H and O–H groups in total. The van der Waals surface area contributed by atoms with Gasteiger partial charge in [-0.2, -0.15) is 0 Å². The van der Waals surface area contributed by atoms with Crippen molar-refractivity contribution < 1.29 is 0 Å². The molecule has 0 aliphatic carbocycles. The van der Waals surface area contributed by atoms with Crippen LogP contribution >= 0.6 is 0 Å². The van der Waals surface area contributed by atoms with Gasteiger partial charge in [-0.1, -0.05) is 0 Å². The second-order valence-corrected chi connectivity index (χ2v) is 7.03. The van der Waals surface area contributed by atoms with Gasteiger partial charge in [-0.25, -0.2) is 0 Å². The Bertz CT molecular complexity index is 1170. The van der Waals surface area contributed by atoms with Gasteiger partial charge in [-0.3, -0.25) is 19.1 Å². The normalized spacial score (nSPS) is 15.5. The Morgan fingerprint density at radius 2 is 1.89 bits per heavy atom. The molecule has 1 saturated heterocycles. The number of hydrogen-bond donors (Lipinski definition) is 2. The maximum Gasteiger partial charge on any atom is 0.265 e. The Kier molecular flexibility index (Phi) is 4.83. The molecule has 0 amide bonds. The van der Waals surface area contributed by atoms with Crippen molar-refractivity contribution >= 4 is 22.7 Å². The molecule has 1 fully saturated rings. The molecule has 3 aromatic rings. The summed E-state index contributed by atoms with van der Waals surface area (Å²) in [6, 6.07) is 9.29. The molecule has 0 spiro atoms. The molecule has 1 aliphatic heterocycles. The Balaban J connectivity index is 1.80. The molecular weight excluding hydrogens is 354 g/mol. The lowest BCUT2D eigenvalue weighted by molar-refractivity contribution is 0.362. The summed E-state index contributed by atoms with van der Waals surface area (Å²) in [5, 5.41) is 4.79. The smallest absolute Gasteiger partial charge is 0.265 e. The molecule has 4 rings (SSSR count). The highest BCUT2D eigenvalue weighted by Crippen LogP contribution is 2.20. The highest BCUT2D eigenvalue weighted by molar-refractivity contribution is 5.87. The number of nitrogens with two attached hydrogens (primary N) is 1. The predicted molar refractivity (Wildman–Crippen MR) is 113 cm³/mol. The van der Waals surface area contributed by atoms with Crippen LogP contribution in [0.5, 0.6) is 0 Å².